The van der Waals surface area contributed by atoms with Crippen molar-refractivity contribution in [2.75, 3.05) is 0 Å². The van der Waals surface area contributed by atoms with E-state index < -0.39 is 35.3 Å². The smallest absolute Gasteiger partial charge is 0.407 e. The van der Waals surface area contributed by atoms with Crippen LogP contribution in [0.5, 0.6) is 0 Å². The van der Waals surface area contributed by atoms with Crippen LogP contribution in [-0.2, 0) is 19.1 Å². The largest absolute Gasteiger partial charge is 0.481 e. The van der Waals surface area contributed by atoms with Crippen LogP contribution in [0.4, 0.5) is 9.59 Å². The monoisotopic (exact) mass is 458 g/mol. The fourth-order valence-electron chi connectivity index (χ4n) is 3.62. The van der Waals surface area contributed by atoms with Crippen LogP contribution in [0, 0.1) is 11.8 Å². The summed E-state index contributed by atoms with van der Waals surface area (Å²) >= 11 is 0. The first-order chi connectivity index (χ1) is 14.6. The van der Waals surface area contributed by atoms with Crippen LogP contribution in [-0.4, -0.2) is 57.6 Å². The van der Waals surface area contributed by atoms with Gasteiger partial charge in [-0.15, -0.1) is 0 Å². The van der Waals surface area contributed by atoms with Gasteiger partial charge in [-0.05, 0) is 80.1 Å². The first-order valence-electron chi connectivity index (χ1n) is 11.0. The number of rotatable bonds is 4. The zero-order chi connectivity index (χ0) is 24.7. The standard InChI is InChI=1S/2C11H19NO4/c2*1-11(2,3)16-10(15)12-8-5-4-7(6-8)9(13)14/h2*7-8H,4-6H2,1-3H3,(H,12,15)(H,13,14)/t2*7-,8+/m10/s1. The van der Waals surface area contributed by atoms with Crippen molar-refractivity contribution < 1.29 is 38.9 Å². The first kappa shape index (κ1) is 27.5. The number of hydrogen-bond acceptors (Lipinski definition) is 6. The second-order valence-corrected chi connectivity index (χ2v) is 10.4. The van der Waals surface area contributed by atoms with E-state index in [1.807, 2.05) is 0 Å². The Kier molecular flexibility index (Phi) is 9.78. The number of carboxylic acids is 2. The van der Waals surface area contributed by atoms with Crippen LogP contribution in [0.3, 0.4) is 0 Å². The van der Waals surface area contributed by atoms with Crippen molar-refractivity contribution in [3.63, 3.8) is 0 Å². The molecule has 2 aliphatic rings. The maximum absolute atomic E-state index is 11.4. The summed E-state index contributed by atoms with van der Waals surface area (Å²) in [6.45, 7) is 10.8. The van der Waals surface area contributed by atoms with Gasteiger partial charge in [-0.3, -0.25) is 9.59 Å². The third-order valence-electron chi connectivity index (χ3n) is 5.01. The minimum atomic E-state index is -0.784. The van der Waals surface area contributed by atoms with E-state index in [0.717, 1.165) is 0 Å². The number of carbonyl (C=O) groups excluding carboxylic acids is 2. The number of ether oxygens (including phenoxy) is 2. The predicted octanol–water partition coefficient (Wildman–Crippen LogP) is 3.53. The van der Waals surface area contributed by atoms with Gasteiger partial charge in [0, 0.05) is 12.1 Å². The van der Waals surface area contributed by atoms with Crippen molar-refractivity contribution in [1.82, 2.24) is 10.6 Å². The maximum Gasteiger partial charge on any atom is 0.407 e. The molecular weight excluding hydrogens is 420 g/mol. The Morgan fingerprint density at radius 3 is 1.19 bits per heavy atom. The molecular formula is C22H38N2O8. The van der Waals surface area contributed by atoms with Crippen LogP contribution < -0.4 is 10.6 Å². The Balaban J connectivity index is 0.000000320. The molecule has 2 amide bonds. The van der Waals surface area contributed by atoms with Crippen LogP contribution in [0.1, 0.15) is 80.1 Å². The van der Waals surface area contributed by atoms with Gasteiger partial charge in [0.25, 0.3) is 0 Å². The zero-order valence-corrected chi connectivity index (χ0v) is 19.9. The number of alkyl carbamates (subject to hydrolysis) is 2. The molecule has 0 aromatic carbocycles. The minimum absolute atomic E-state index is 0.0732. The lowest BCUT2D eigenvalue weighted by Crippen LogP contribution is -2.38. The van der Waals surface area contributed by atoms with Crippen molar-refractivity contribution >= 4 is 24.1 Å². The molecule has 32 heavy (non-hydrogen) atoms. The van der Waals surface area contributed by atoms with Gasteiger partial charge in [0.2, 0.25) is 0 Å². The Labute approximate surface area is 189 Å². The van der Waals surface area contributed by atoms with E-state index in [4.69, 9.17) is 19.7 Å². The second kappa shape index (κ2) is 11.4. The van der Waals surface area contributed by atoms with Crippen molar-refractivity contribution in [3.8, 4) is 0 Å². The fourth-order valence-corrected chi connectivity index (χ4v) is 3.62. The third kappa shape index (κ3) is 11.2. The highest BCUT2D eigenvalue weighted by atomic mass is 16.6. The van der Waals surface area contributed by atoms with Crippen molar-refractivity contribution in [2.24, 2.45) is 11.8 Å². The van der Waals surface area contributed by atoms with Crippen molar-refractivity contribution in [3.05, 3.63) is 0 Å². The van der Waals surface area contributed by atoms with Crippen LogP contribution in [0.15, 0.2) is 0 Å². The highest BCUT2D eigenvalue weighted by Crippen LogP contribution is 2.26. The highest BCUT2D eigenvalue weighted by Gasteiger charge is 2.32. The molecule has 0 aromatic heterocycles. The summed E-state index contributed by atoms with van der Waals surface area (Å²) in [6, 6.07) is -0.146. The molecule has 0 aromatic rings. The van der Waals surface area contributed by atoms with E-state index in [1.165, 1.54) is 0 Å². The van der Waals surface area contributed by atoms with Gasteiger partial charge >= 0.3 is 24.1 Å². The molecule has 0 spiro atoms. The maximum atomic E-state index is 11.4. The number of aliphatic carboxylic acids is 2. The van der Waals surface area contributed by atoms with Gasteiger partial charge in [-0.1, -0.05) is 0 Å². The summed E-state index contributed by atoms with van der Waals surface area (Å²) in [5.74, 6) is -2.23. The second-order valence-electron chi connectivity index (χ2n) is 10.4. The lowest BCUT2D eigenvalue weighted by Gasteiger charge is -2.21. The van der Waals surface area contributed by atoms with E-state index in [-0.39, 0.29) is 23.9 Å². The third-order valence-corrected chi connectivity index (χ3v) is 5.01. The Morgan fingerprint density at radius 2 is 0.969 bits per heavy atom. The summed E-state index contributed by atoms with van der Waals surface area (Å²) in [5, 5.41) is 23.0. The summed E-state index contributed by atoms with van der Waals surface area (Å²) < 4.78 is 10.2. The van der Waals surface area contributed by atoms with Crippen molar-refractivity contribution in [1.29, 1.82) is 0 Å². The Morgan fingerprint density at radius 1 is 0.656 bits per heavy atom. The molecule has 10 nitrogen and oxygen atoms in total. The van der Waals surface area contributed by atoms with Crippen LogP contribution in [0.25, 0.3) is 0 Å². The predicted molar refractivity (Wildman–Crippen MR) is 116 cm³/mol. The minimum Gasteiger partial charge on any atom is -0.481 e. The highest BCUT2D eigenvalue weighted by molar-refractivity contribution is 5.72. The number of amides is 2. The van der Waals surface area contributed by atoms with E-state index in [0.29, 0.717) is 38.5 Å². The Bertz CT molecular complexity index is 622. The van der Waals surface area contributed by atoms with Gasteiger partial charge < -0.3 is 30.3 Å². The SMILES string of the molecule is CC(C)(C)OC(=O)N[C@@H]1CC[C@H](C(=O)O)C1.CC(C)(C)OC(=O)N[C@H]1CC[C@@H](C(=O)O)C1. The number of carbonyl (C=O) groups is 4. The molecule has 2 aliphatic carbocycles. The molecule has 2 saturated carbocycles. The topological polar surface area (TPSA) is 151 Å². The molecule has 184 valence electrons. The number of nitrogens with one attached hydrogen (secondary N) is 2. The van der Waals surface area contributed by atoms with Crippen LogP contribution >= 0.6 is 0 Å². The van der Waals surface area contributed by atoms with E-state index in [2.05, 4.69) is 10.6 Å². The van der Waals surface area contributed by atoms with Gasteiger partial charge in [0.1, 0.15) is 11.2 Å². The molecule has 0 bridgehead atoms. The quantitative estimate of drug-likeness (QED) is 0.499. The van der Waals surface area contributed by atoms with Crippen molar-refractivity contribution in [2.45, 2.75) is 103 Å². The molecule has 10 heteroatoms. The van der Waals surface area contributed by atoms with E-state index in [9.17, 15) is 19.2 Å². The van der Waals surface area contributed by atoms with Gasteiger partial charge in [0.15, 0.2) is 0 Å². The van der Waals surface area contributed by atoms with E-state index >= 15 is 0 Å². The Hall–Kier alpha value is -2.52. The summed E-state index contributed by atoms with van der Waals surface area (Å²) in [4.78, 5) is 44.3. The first-order valence-corrected chi connectivity index (χ1v) is 11.0. The average molecular weight is 459 g/mol. The zero-order valence-electron chi connectivity index (χ0n) is 19.9. The fraction of sp³-hybridized carbons (Fsp3) is 0.818. The van der Waals surface area contributed by atoms with E-state index in [1.54, 1.807) is 41.5 Å². The molecule has 0 aliphatic heterocycles. The summed E-state index contributed by atoms with van der Waals surface area (Å²) in [6.07, 6.45) is 2.70. The lowest BCUT2D eigenvalue weighted by molar-refractivity contribution is -0.142. The molecule has 0 unspecified atom stereocenters. The summed E-state index contributed by atoms with van der Waals surface area (Å²) in [7, 11) is 0. The molecule has 2 fully saturated rings. The van der Waals surface area contributed by atoms with Gasteiger partial charge in [-0.2, -0.15) is 0 Å². The van der Waals surface area contributed by atoms with Gasteiger partial charge in [-0.25, -0.2) is 9.59 Å². The number of carboxylic acid groups (broad SMARTS) is 2. The molecule has 2 rings (SSSR count). The molecule has 4 N–H and O–H groups in total. The van der Waals surface area contributed by atoms with Gasteiger partial charge in [0.05, 0.1) is 11.8 Å². The molecule has 0 heterocycles. The normalized spacial score (nSPS) is 25.2. The number of hydrogen-bond donors (Lipinski definition) is 4. The lowest BCUT2D eigenvalue weighted by atomic mass is 10.1. The molecule has 4 atom stereocenters. The molecule has 0 saturated heterocycles. The molecule has 0 radical (unpaired) electrons. The van der Waals surface area contributed by atoms with Crippen LogP contribution in [0.2, 0.25) is 0 Å². The average Bonchev–Trinajstić information content (AvgIpc) is 3.21. The summed E-state index contributed by atoms with van der Waals surface area (Å²) in [5.41, 5.74) is -1.04.